The molecule has 0 fully saturated rings. The van der Waals surface area contributed by atoms with Crippen molar-refractivity contribution in [2.45, 2.75) is 38.5 Å². The summed E-state index contributed by atoms with van der Waals surface area (Å²) >= 11 is 17.2. The number of halogens is 4. The van der Waals surface area contributed by atoms with Crippen LogP contribution in [0.4, 0.5) is 0 Å². The lowest BCUT2D eigenvalue weighted by Crippen LogP contribution is -2.26. The minimum Gasteiger partial charge on any atom is -0.505 e. The second kappa shape index (κ2) is 12.5. The van der Waals surface area contributed by atoms with Crippen LogP contribution < -0.4 is 0 Å². The Kier molecular flexibility index (Phi) is 8.84. The molecule has 0 aliphatic heterocycles. The van der Waals surface area contributed by atoms with Gasteiger partial charge in [0.1, 0.15) is 22.8 Å². The van der Waals surface area contributed by atoms with Crippen molar-refractivity contribution in [3.63, 3.8) is 0 Å². The fraction of sp³-hybridized carbons (Fsp3) is 0.182. The standard InChI is InChI=1S/C33H26Cl2I2N4O3/c1-3-23-29(40-11-7-5-9-25(40)38-23)27(17-13-19(34)31(42)21(36)15-17)33(44)28(18-14-20(35)32(43)22(37)16-18)30-24(4-2)39-26-10-6-8-12-41(26)30/h5-16,27-28,42-43H,3-4H2,1-2H3. The summed E-state index contributed by atoms with van der Waals surface area (Å²) in [5.74, 6) is -1.92. The topological polar surface area (TPSA) is 92.1 Å². The molecular formula is C33H26Cl2I2N4O3. The summed E-state index contributed by atoms with van der Waals surface area (Å²) in [6, 6.07) is 18.4. The molecule has 4 heterocycles. The zero-order valence-corrected chi connectivity index (χ0v) is 29.4. The lowest BCUT2D eigenvalue weighted by atomic mass is 9.79. The number of hydrogen-bond donors (Lipinski definition) is 2. The van der Waals surface area contributed by atoms with E-state index in [1.807, 2.05) is 117 Å². The van der Waals surface area contributed by atoms with Gasteiger partial charge in [-0.05, 0) is 118 Å². The molecule has 224 valence electrons. The maximum absolute atomic E-state index is 15.6. The largest absolute Gasteiger partial charge is 0.505 e. The molecule has 4 aromatic heterocycles. The van der Waals surface area contributed by atoms with E-state index >= 15 is 4.79 Å². The summed E-state index contributed by atoms with van der Waals surface area (Å²) < 4.78 is 4.96. The van der Waals surface area contributed by atoms with Gasteiger partial charge < -0.3 is 19.0 Å². The number of Topliss-reactive ketones (excluding diaryl/α,β-unsaturated/α-hetero) is 1. The Morgan fingerprint density at radius 1 is 0.750 bits per heavy atom. The molecule has 0 bridgehead atoms. The van der Waals surface area contributed by atoms with Gasteiger partial charge in [0, 0.05) is 12.4 Å². The van der Waals surface area contributed by atoms with Gasteiger partial charge in [-0.25, -0.2) is 9.97 Å². The fourth-order valence-electron chi connectivity index (χ4n) is 5.84. The van der Waals surface area contributed by atoms with Crippen LogP contribution in [-0.4, -0.2) is 34.8 Å². The summed E-state index contributed by atoms with van der Waals surface area (Å²) in [4.78, 5) is 25.4. The van der Waals surface area contributed by atoms with Gasteiger partial charge in [0.2, 0.25) is 0 Å². The number of imidazole rings is 2. The van der Waals surface area contributed by atoms with E-state index in [1.165, 1.54) is 0 Å². The number of fused-ring (bicyclic) bond motifs is 2. The van der Waals surface area contributed by atoms with Crippen LogP contribution in [0.25, 0.3) is 11.3 Å². The minimum absolute atomic E-state index is 0.0393. The molecular weight excluding hydrogens is 825 g/mol. The Hall–Kier alpha value is -2.87. The number of pyridine rings is 2. The highest BCUT2D eigenvalue weighted by Crippen LogP contribution is 2.43. The second-order valence-electron chi connectivity index (χ2n) is 10.4. The number of aromatic hydroxyl groups is 2. The van der Waals surface area contributed by atoms with Gasteiger partial charge in [-0.2, -0.15) is 0 Å². The lowest BCUT2D eigenvalue weighted by molar-refractivity contribution is -0.120. The molecule has 2 N–H and O–H groups in total. The normalized spacial score (nSPS) is 13.0. The molecule has 0 aliphatic rings. The van der Waals surface area contributed by atoms with Gasteiger partial charge in [-0.15, -0.1) is 0 Å². The van der Waals surface area contributed by atoms with Crippen molar-refractivity contribution in [1.82, 2.24) is 18.8 Å². The Bertz CT molecular complexity index is 1880. The lowest BCUT2D eigenvalue weighted by Gasteiger charge is -2.26. The molecule has 0 saturated carbocycles. The van der Waals surface area contributed by atoms with E-state index in [0.29, 0.717) is 31.1 Å². The average molecular weight is 851 g/mol. The van der Waals surface area contributed by atoms with Crippen LogP contribution in [0, 0.1) is 7.14 Å². The Morgan fingerprint density at radius 2 is 1.16 bits per heavy atom. The Morgan fingerprint density at radius 3 is 1.52 bits per heavy atom. The maximum atomic E-state index is 15.6. The highest BCUT2D eigenvalue weighted by molar-refractivity contribution is 14.1. The molecule has 11 heteroatoms. The molecule has 6 rings (SSSR count). The average Bonchev–Trinajstić information content (AvgIpc) is 3.57. The predicted octanol–water partition coefficient (Wildman–Crippen LogP) is 8.57. The first-order chi connectivity index (χ1) is 21.1. The first-order valence-corrected chi connectivity index (χ1v) is 16.9. The number of phenolic OH excluding ortho intramolecular Hbond substituents is 2. The maximum Gasteiger partial charge on any atom is 0.159 e. The van der Waals surface area contributed by atoms with E-state index in [4.69, 9.17) is 33.2 Å². The van der Waals surface area contributed by atoms with Crippen LogP contribution in [0.5, 0.6) is 11.5 Å². The Balaban J connectivity index is 1.71. The van der Waals surface area contributed by atoms with Crippen molar-refractivity contribution in [3.05, 3.63) is 124 Å². The minimum atomic E-state index is -0.844. The number of carbonyl (C=O) groups is 1. The number of phenols is 2. The van der Waals surface area contributed by atoms with E-state index in [9.17, 15) is 10.2 Å². The quantitative estimate of drug-likeness (QED) is 0.150. The van der Waals surface area contributed by atoms with Crippen LogP contribution in [0.2, 0.25) is 10.0 Å². The SMILES string of the molecule is CCc1nc2ccccn2c1C(C(=O)C(c1cc(Cl)c(O)c(I)c1)c1c(CC)nc2ccccn12)c1cc(Cl)c(O)c(I)c1. The molecule has 2 atom stereocenters. The van der Waals surface area contributed by atoms with Gasteiger partial charge in [0.25, 0.3) is 0 Å². The van der Waals surface area contributed by atoms with Gasteiger partial charge in [0.15, 0.2) is 5.78 Å². The van der Waals surface area contributed by atoms with Crippen molar-refractivity contribution >= 4 is 85.5 Å². The van der Waals surface area contributed by atoms with Gasteiger partial charge in [-0.1, -0.05) is 49.2 Å². The molecule has 0 saturated heterocycles. The highest BCUT2D eigenvalue weighted by atomic mass is 127. The van der Waals surface area contributed by atoms with E-state index in [2.05, 4.69) is 0 Å². The van der Waals surface area contributed by atoms with Crippen molar-refractivity contribution in [2.75, 3.05) is 0 Å². The summed E-state index contributed by atoms with van der Waals surface area (Å²) in [7, 11) is 0. The number of carbonyl (C=O) groups excluding carboxylic acids is 1. The number of benzene rings is 2. The highest BCUT2D eigenvalue weighted by Gasteiger charge is 2.39. The third-order valence-electron chi connectivity index (χ3n) is 7.82. The molecule has 0 amide bonds. The molecule has 2 unspecified atom stereocenters. The zero-order valence-electron chi connectivity index (χ0n) is 23.6. The molecule has 0 radical (unpaired) electrons. The van der Waals surface area contributed by atoms with Crippen molar-refractivity contribution in [1.29, 1.82) is 0 Å². The predicted molar refractivity (Wildman–Crippen MR) is 190 cm³/mol. The van der Waals surface area contributed by atoms with Crippen molar-refractivity contribution in [2.24, 2.45) is 0 Å². The number of aromatic nitrogens is 4. The van der Waals surface area contributed by atoms with Gasteiger partial charge in [-0.3, -0.25) is 4.79 Å². The molecule has 0 spiro atoms. The monoisotopic (exact) mass is 850 g/mol. The van der Waals surface area contributed by atoms with E-state index in [1.54, 1.807) is 24.3 Å². The number of hydrogen-bond acceptors (Lipinski definition) is 5. The number of aryl methyl sites for hydroxylation is 2. The summed E-state index contributed by atoms with van der Waals surface area (Å²) in [5, 5.41) is 21.4. The number of ketones is 1. The molecule has 7 nitrogen and oxygen atoms in total. The molecule has 6 aromatic rings. The van der Waals surface area contributed by atoms with Crippen LogP contribution in [0.1, 0.15) is 59.6 Å². The Labute approximate surface area is 291 Å². The van der Waals surface area contributed by atoms with E-state index in [-0.39, 0.29) is 27.3 Å². The molecule has 2 aromatic carbocycles. The smallest absolute Gasteiger partial charge is 0.159 e. The summed E-state index contributed by atoms with van der Waals surface area (Å²) in [6.07, 6.45) is 5.00. The van der Waals surface area contributed by atoms with Crippen LogP contribution in [0.3, 0.4) is 0 Å². The first kappa shape index (κ1) is 31.1. The van der Waals surface area contributed by atoms with E-state index in [0.717, 1.165) is 34.1 Å². The van der Waals surface area contributed by atoms with Crippen LogP contribution in [-0.2, 0) is 17.6 Å². The van der Waals surface area contributed by atoms with Crippen LogP contribution >= 0.6 is 68.4 Å². The molecule has 44 heavy (non-hydrogen) atoms. The molecule has 0 aliphatic carbocycles. The third-order valence-corrected chi connectivity index (χ3v) is 10.0. The van der Waals surface area contributed by atoms with Gasteiger partial charge >= 0.3 is 0 Å². The van der Waals surface area contributed by atoms with Gasteiger partial charge in [0.05, 0.1) is 51.8 Å². The van der Waals surface area contributed by atoms with Crippen molar-refractivity contribution < 1.29 is 15.0 Å². The van der Waals surface area contributed by atoms with E-state index < -0.39 is 11.8 Å². The van der Waals surface area contributed by atoms with Crippen molar-refractivity contribution in [3.8, 4) is 11.5 Å². The second-order valence-corrected chi connectivity index (χ2v) is 13.5. The number of nitrogens with zero attached hydrogens (tertiary/aromatic N) is 4. The third kappa shape index (κ3) is 5.35. The zero-order chi connectivity index (χ0) is 31.3. The summed E-state index contributed by atoms with van der Waals surface area (Å²) in [6.45, 7) is 4.03. The number of rotatable bonds is 8. The summed E-state index contributed by atoms with van der Waals surface area (Å²) in [5.41, 5.74) is 5.70. The first-order valence-electron chi connectivity index (χ1n) is 14.0. The van der Waals surface area contributed by atoms with Crippen LogP contribution in [0.15, 0.2) is 73.1 Å². The fourth-order valence-corrected chi connectivity index (χ4v) is 7.92.